The van der Waals surface area contributed by atoms with Gasteiger partial charge >= 0.3 is 5.97 Å². The molecule has 82 valence electrons. The highest BCUT2D eigenvalue weighted by atomic mass is 16.4. The topological polar surface area (TPSA) is 37.3 Å². The number of hydrogen-bond donors (Lipinski definition) is 1. The van der Waals surface area contributed by atoms with Crippen LogP contribution in [0.5, 0.6) is 0 Å². The van der Waals surface area contributed by atoms with Crippen molar-refractivity contribution < 1.29 is 19.5 Å². The summed E-state index contributed by atoms with van der Waals surface area (Å²) in [5.74, 6) is -4.33. The van der Waals surface area contributed by atoms with E-state index in [-0.39, 0.29) is 0 Å². The van der Waals surface area contributed by atoms with Gasteiger partial charge in [-0.15, -0.1) is 0 Å². The average Bonchev–Trinajstić information content (AvgIpc) is 2.36. The second-order valence-corrected chi connectivity index (χ2v) is 3.46. The summed E-state index contributed by atoms with van der Waals surface area (Å²) in [4.78, 5) is 10.9. The Bertz CT molecular complexity index is 517. The first-order valence-electron chi connectivity index (χ1n) is 8.11. The molecule has 0 bridgehead atoms. The summed E-state index contributed by atoms with van der Waals surface area (Å²) in [6.45, 7) is -4.42. The predicted octanol–water partition coefficient (Wildman–Crippen LogP) is 3.07. The third-order valence-electron chi connectivity index (χ3n) is 2.23. The third-order valence-corrected chi connectivity index (χ3v) is 2.23. The Morgan fingerprint density at radius 2 is 2.07 bits per heavy atom. The Labute approximate surface area is 101 Å². The maximum atomic E-state index is 10.9. The van der Waals surface area contributed by atoms with Crippen LogP contribution in [0.4, 0.5) is 0 Å². The molecule has 1 aromatic carbocycles. The molecule has 1 N–H and O–H groups in total. The third kappa shape index (κ3) is 3.39. The smallest absolute Gasteiger partial charge is 0.310 e. The van der Waals surface area contributed by atoms with Gasteiger partial charge in [-0.3, -0.25) is 4.79 Å². The maximum Gasteiger partial charge on any atom is 0.310 e. The van der Waals surface area contributed by atoms with E-state index in [1.54, 1.807) is 0 Å². The van der Waals surface area contributed by atoms with Crippen LogP contribution >= 0.6 is 0 Å². The van der Waals surface area contributed by atoms with E-state index in [9.17, 15) is 4.79 Å². The zero-order chi connectivity index (χ0) is 17.3. The van der Waals surface area contributed by atoms with Crippen molar-refractivity contribution in [1.82, 2.24) is 0 Å². The lowest BCUT2D eigenvalue weighted by Gasteiger charge is -2.09. The lowest BCUT2D eigenvalue weighted by Crippen LogP contribution is -2.07. The molecular formula is C13H18O2. The molecule has 0 spiro atoms. The summed E-state index contributed by atoms with van der Waals surface area (Å²) in [5, 5.41) is 8.93. The van der Waals surface area contributed by atoms with Crippen LogP contribution in [0, 0.1) is 5.89 Å². The minimum Gasteiger partial charge on any atom is -0.481 e. The fourth-order valence-corrected chi connectivity index (χ4v) is 1.27. The number of carbonyl (C=O) groups is 1. The van der Waals surface area contributed by atoms with Gasteiger partial charge < -0.3 is 5.11 Å². The average molecular weight is 213 g/mol. The van der Waals surface area contributed by atoms with Crippen LogP contribution in [0.2, 0.25) is 0 Å². The largest absolute Gasteiger partial charge is 0.481 e. The lowest BCUT2D eigenvalue weighted by atomic mass is 9.97. The second kappa shape index (κ2) is 4.96. The van der Waals surface area contributed by atoms with Crippen LogP contribution < -0.4 is 0 Å². The SMILES string of the molecule is [2H]C([2H])([2H])C([2H])(Cc1ccc(C(C)C(=O)O)cc1)C([2H])([2H])[2H]. The molecule has 0 aromatic heterocycles. The molecule has 0 aliphatic heterocycles. The molecule has 0 aliphatic carbocycles. The Hall–Kier alpha value is -1.31. The van der Waals surface area contributed by atoms with Crippen molar-refractivity contribution in [3.63, 3.8) is 0 Å². The molecule has 15 heavy (non-hydrogen) atoms. The lowest BCUT2D eigenvalue weighted by molar-refractivity contribution is -0.138. The molecule has 1 rings (SSSR count). The molecule has 0 heterocycles. The second-order valence-electron chi connectivity index (χ2n) is 3.46. The van der Waals surface area contributed by atoms with Crippen molar-refractivity contribution in [2.24, 2.45) is 5.89 Å². The standard InChI is InChI=1S/C13H18O2/c1-9(2)8-11-4-6-12(7-5-11)10(3)13(14)15/h4-7,9-10H,8H2,1-3H3,(H,14,15)/i1D3,2D3,9D. The Morgan fingerprint density at radius 3 is 2.53 bits per heavy atom. The molecule has 0 saturated carbocycles. The summed E-state index contributed by atoms with van der Waals surface area (Å²) in [6, 6.07) is 5.95. The molecule has 2 nitrogen and oxygen atoms in total. The zero-order valence-electron chi connectivity index (χ0n) is 15.4. The van der Waals surface area contributed by atoms with Gasteiger partial charge in [0.05, 0.1) is 5.92 Å². The zero-order valence-corrected chi connectivity index (χ0v) is 8.45. The van der Waals surface area contributed by atoms with Gasteiger partial charge in [-0.25, -0.2) is 0 Å². The van der Waals surface area contributed by atoms with Gasteiger partial charge in [-0.1, -0.05) is 38.0 Å². The number of aliphatic carboxylic acids is 1. The number of carboxylic acids is 1. The fourth-order valence-electron chi connectivity index (χ4n) is 1.27. The van der Waals surface area contributed by atoms with Crippen LogP contribution in [0.15, 0.2) is 24.3 Å². The first-order chi connectivity index (χ1) is 9.79. The molecule has 1 aromatic rings. The van der Waals surface area contributed by atoms with E-state index in [1.807, 2.05) is 0 Å². The van der Waals surface area contributed by atoms with Crippen LogP contribution in [0.25, 0.3) is 0 Å². The number of rotatable bonds is 4. The van der Waals surface area contributed by atoms with E-state index < -0.39 is 37.9 Å². The normalized spacial score (nSPS) is 22.1. The molecule has 0 amide bonds. The van der Waals surface area contributed by atoms with Crippen LogP contribution in [-0.4, -0.2) is 11.1 Å². The Balaban J connectivity index is 3.09. The Kier molecular flexibility index (Phi) is 1.70. The first-order valence-corrected chi connectivity index (χ1v) is 4.61. The maximum absolute atomic E-state index is 10.9. The van der Waals surface area contributed by atoms with Gasteiger partial charge in [0.25, 0.3) is 0 Å². The van der Waals surface area contributed by atoms with Crippen molar-refractivity contribution in [3.05, 3.63) is 35.4 Å². The van der Waals surface area contributed by atoms with E-state index in [1.165, 1.54) is 31.2 Å². The van der Waals surface area contributed by atoms with Crippen molar-refractivity contribution in [1.29, 1.82) is 0 Å². The minimum absolute atomic E-state index is 0.364. The van der Waals surface area contributed by atoms with Crippen LogP contribution in [0.1, 0.15) is 47.3 Å². The van der Waals surface area contributed by atoms with Gasteiger partial charge in [-0.2, -0.15) is 0 Å². The Morgan fingerprint density at radius 1 is 1.47 bits per heavy atom. The van der Waals surface area contributed by atoms with E-state index in [4.69, 9.17) is 14.7 Å². The highest BCUT2D eigenvalue weighted by Crippen LogP contribution is 2.17. The summed E-state index contributed by atoms with van der Waals surface area (Å²) in [5.41, 5.74) is 0.887. The summed E-state index contributed by atoms with van der Waals surface area (Å²) < 4.78 is 52.1. The molecule has 0 radical (unpaired) electrons. The summed E-state index contributed by atoms with van der Waals surface area (Å²) >= 11 is 0. The van der Waals surface area contributed by atoms with Crippen LogP contribution in [-0.2, 0) is 11.2 Å². The quantitative estimate of drug-likeness (QED) is 0.834. The van der Waals surface area contributed by atoms with Crippen molar-refractivity contribution >= 4 is 5.97 Å². The van der Waals surface area contributed by atoms with Gasteiger partial charge in [0.1, 0.15) is 0 Å². The van der Waals surface area contributed by atoms with E-state index in [2.05, 4.69) is 0 Å². The highest BCUT2D eigenvalue weighted by molar-refractivity contribution is 5.75. The van der Waals surface area contributed by atoms with E-state index in [0.29, 0.717) is 11.1 Å². The minimum atomic E-state index is -2.97. The summed E-state index contributed by atoms with van der Waals surface area (Å²) in [7, 11) is 0. The van der Waals surface area contributed by atoms with Crippen molar-refractivity contribution in [3.8, 4) is 0 Å². The number of carboxylic acid groups (broad SMARTS) is 1. The molecule has 0 aliphatic rings. The van der Waals surface area contributed by atoms with Crippen LogP contribution in [0.3, 0.4) is 0 Å². The molecule has 0 fully saturated rings. The van der Waals surface area contributed by atoms with Crippen molar-refractivity contribution in [2.75, 3.05) is 0 Å². The molecule has 1 unspecified atom stereocenters. The van der Waals surface area contributed by atoms with Crippen molar-refractivity contribution in [2.45, 2.75) is 33.0 Å². The fraction of sp³-hybridized carbons (Fsp3) is 0.462. The first kappa shape index (κ1) is 5.15. The van der Waals surface area contributed by atoms with Gasteiger partial charge in [0.15, 0.2) is 0 Å². The number of hydrogen-bond acceptors (Lipinski definition) is 1. The molecular weight excluding hydrogens is 188 g/mol. The highest BCUT2D eigenvalue weighted by Gasteiger charge is 2.12. The predicted molar refractivity (Wildman–Crippen MR) is 61.0 cm³/mol. The van der Waals surface area contributed by atoms with Gasteiger partial charge in [-0.05, 0) is 30.4 Å². The van der Waals surface area contributed by atoms with Gasteiger partial charge in [0.2, 0.25) is 0 Å². The molecule has 0 saturated heterocycles. The van der Waals surface area contributed by atoms with E-state index >= 15 is 0 Å². The molecule has 2 heteroatoms. The van der Waals surface area contributed by atoms with Gasteiger partial charge in [0, 0.05) is 9.60 Å². The molecule has 1 atom stereocenters. The van der Waals surface area contributed by atoms with E-state index in [0.717, 1.165) is 0 Å². The number of benzene rings is 1. The monoisotopic (exact) mass is 213 g/mol. The summed E-state index contributed by atoms with van der Waals surface area (Å²) in [6.07, 6.45) is -0.471.